The molecule has 7 heteroatoms. The molecule has 6 atom stereocenters. The molecule has 0 aromatic heterocycles. The summed E-state index contributed by atoms with van der Waals surface area (Å²) in [6.45, 7) is 5.99. The summed E-state index contributed by atoms with van der Waals surface area (Å²) in [5.74, 6) is 0.713. The summed E-state index contributed by atoms with van der Waals surface area (Å²) in [5.41, 5.74) is 1.60. The highest BCUT2D eigenvalue weighted by molar-refractivity contribution is 5.74. The summed E-state index contributed by atoms with van der Waals surface area (Å²) in [7, 11) is 1.85. The van der Waals surface area contributed by atoms with Crippen molar-refractivity contribution in [1.82, 2.24) is 10.2 Å². The number of phenols is 1. The van der Waals surface area contributed by atoms with Crippen LogP contribution in [-0.4, -0.2) is 71.1 Å². The molecule has 0 radical (unpaired) electrons. The van der Waals surface area contributed by atoms with E-state index in [9.17, 15) is 15.0 Å². The van der Waals surface area contributed by atoms with Gasteiger partial charge in [0, 0.05) is 31.3 Å². The second-order valence-corrected chi connectivity index (χ2v) is 11.3. The fourth-order valence-electron chi connectivity index (χ4n) is 7.82. The first-order chi connectivity index (χ1) is 15.8. The van der Waals surface area contributed by atoms with Gasteiger partial charge >= 0.3 is 5.97 Å². The maximum atomic E-state index is 12.0. The molecule has 180 valence electrons. The van der Waals surface area contributed by atoms with E-state index in [0.29, 0.717) is 5.75 Å². The van der Waals surface area contributed by atoms with Gasteiger partial charge in [-0.25, -0.2) is 0 Å². The van der Waals surface area contributed by atoms with E-state index in [1.54, 1.807) is 6.07 Å². The van der Waals surface area contributed by atoms with Crippen LogP contribution in [0.3, 0.4) is 0 Å². The molecule has 33 heavy (non-hydrogen) atoms. The van der Waals surface area contributed by atoms with E-state index >= 15 is 0 Å². The molecular formula is C26H36N2O5. The molecule has 1 spiro atoms. The van der Waals surface area contributed by atoms with Crippen molar-refractivity contribution in [1.29, 1.82) is 0 Å². The molecule has 3 N–H and O–H groups in total. The minimum atomic E-state index is -0.828. The molecule has 1 aromatic carbocycles. The number of nitrogens with zero attached hydrogens (tertiary/aromatic N) is 1. The zero-order chi connectivity index (χ0) is 23.1. The van der Waals surface area contributed by atoms with Crippen molar-refractivity contribution in [2.45, 2.75) is 87.6 Å². The number of phenolic OH excluding ortho intramolecular Hbond substituents is 1. The number of hydrogen-bond donors (Lipinski definition) is 3. The molecule has 5 aliphatic rings. The van der Waals surface area contributed by atoms with Gasteiger partial charge in [0.15, 0.2) is 11.5 Å². The van der Waals surface area contributed by atoms with E-state index in [4.69, 9.17) is 9.47 Å². The number of rotatable bonds is 7. The SMILES string of the molecule is CO[C@@]12CCC(N[C@@H](C(=O)O)C(C)C)C3Oc4c(O)ccc5c4[C@@]31CCN(CC1CC1)[C@@H]2C5. The zero-order valence-electron chi connectivity index (χ0n) is 19.8. The van der Waals surface area contributed by atoms with Crippen LogP contribution >= 0.6 is 0 Å². The molecule has 1 saturated heterocycles. The van der Waals surface area contributed by atoms with Crippen molar-refractivity contribution in [2.24, 2.45) is 11.8 Å². The zero-order valence-corrected chi connectivity index (χ0v) is 19.8. The summed E-state index contributed by atoms with van der Waals surface area (Å²) in [4.78, 5) is 14.7. The number of carboxylic acid groups (broad SMARTS) is 1. The third-order valence-electron chi connectivity index (χ3n) is 9.41. The molecule has 2 heterocycles. The number of carboxylic acids is 1. The Bertz CT molecular complexity index is 978. The monoisotopic (exact) mass is 456 g/mol. The largest absolute Gasteiger partial charge is 0.504 e. The van der Waals surface area contributed by atoms with Gasteiger partial charge < -0.3 is 19.7 Å². The maximum Gasteiger partial charge on any atom is 0.320 e. The predicted molar refractivity (Wildman–Crippen MR) is 123 cm³/mol. The summed E-state index contributed by atoms with van der Waals surface area (Å²) in [5, 5.41) is 24.1. The number of aromatic hydroxyl groups is 1. The van der Waals surface area contributed by atoms with Crippen LogP contribution in [0.1, 0.15) is 57.1 Å². The van der Waals surface area contributed by atoms with Crippen LogP contribution in [0.4, 0.5) is 0 Å². The average Bonchev–Trinajstić information content (AvgIpc) is 3.53. The lowest BCUT2D eigenvalue weighted by Crippen LogP contribution is -2.79. The van der Waals surface area contributed by atoms with Crippen LogP contribution in [-0.2, 0) is 21.4 Å². The van der Waals surface area contributed by atoms with Crippen LogP contribution in [0, 0.1) is 11.8 Å². The van der Waals surface area contributed by atoms with Gasteiger partial charge in [-0.05, 0) is 68.5 Å². The highest BCUT2D eigenvalue weighted by Gasteiger charge is 2.74. The van der Waals surface area contributed by atoms with Gasteiger partial charge in [-0.1, -0.05) is 19.9 Å². The fraction of sp³-hybridized carbons (Fsp3) is 0.731. The van der Waals surface area contributed by atoms with Crippen molar-refractivity contribution in [3.05, 3.63) is 23.3 Å². The Labute approximate surface area is 195 Å². The molecule has 7 nitrogen and oxygen atoms in total. The second-order valence-electron chi connectivity index (χ2n) is 11.3. The van der Waals surface area contributed by atoms with Gasteiger partial charge in [0.2, 0.25) is 0 Å². The molecule has 0 amide bonds. The molecule has 6 rings (SSSR count). The smallest absolute Gasteiger partial charge is 0.320 e. The van der Waals surface area contributed by atoms with E-state index in [1.807, 2.05) is 21.0 Å². The van der Waals surface area contributed by atoms with Crippen molar-refractivity contribution in [2.75, 3.05) is 20.2 Å². The molecular weight excluding hydrogens is 420 g/mol. The van der Waals surface area contributed by atoms with Crippen molar-refractivity contribution in [3.63, 3.8) is 0 Å². The van der Waals surface area contributed by atoms with E-state index in [0.717, 1.165) is 50.3 Å². The lowest BCUT2D eigenvalue weighted by molar-refractivity contribution is -0.208. The van der Waals surface area contributed by atoms with Gasteiger partial charge in [0.25, 0.3) is 0 Å². The number of aliphatic carboxylic acids is 1. The fourth-order valence-corrected chi connectivity index (χ4v) is 7.82. The quantitative estimate of drug-likeness (QED) is 0.581. The molecule has 2 aliphatic heterocycles. The first-order valence-corrected chi connectivity index (χ1v) is 12.6. The molecule has 2 bridgehead atoms. The molecule has 2 unspecified atom stereocenters. The number of benzene rings is 1. The molecule has 3 fully saturated rings. The predicted octanol–water partition coefficient (Wildman–Crippen LogP) is 2.68. The third-order valence-corrected chi connectivity index (χ3v) is 9.41. The molecule has 3 aliphatic carbocycles. The first kappa shape index (κ1) is 21.7. The number of likely N-dealkylation sites (tertiary alicyclic amines) is 1. The van der Waals surface area contributed by atoms with Crippen LogP contribution in [0.25, 0.3) is 0 Å². The Morgan fingerprint density at radius 3 is 2.76 bits per heavy atom. The highest BCUT2D eigenvalue weighted by Crippen LogP contribution is 2.66. The van der Waals surface area contributed by atoms with E-state index in [2.05, 4.69) is 16.3 Å². The van der Waals surface area contributed by atoms with Gasteiger partial charge in [0.05, 0.1) is 11.0 Å². The normalized spacial score (nSPS) is 37.5. The maximum absolute atomic E-state index is 12.0. The number of ether oxygens (including phenoxy) is 2. The summed E-state index contributed by atoms with van der Waals surface area (Å²) in [6, 6.07) is 3.34. The van der Waals surface area contributed by atoms with Crippen molar-refractivity contribution in [3.8, 4) is 11.5 Å². The van der Waals surface area contributed by atoms with Gasteiger partial charge in [0.1, 0.15) is 12.1 Å². The number of methoxy groups -OCH3 is 1. The van der Waals surface area contributed by atoms with Crippen LogP contribution in [0.2, 0.25) is 0 Å². The lowest BCUT2D eigenvalue weighted by atomic mass is 9.48. The Morgan fingerprint density at radius 1 is 1.30 bits per heavy atom. The van der Waals surface area contributed by atoms with Crippen LogP contribution < -0.4 is 10.1 Å². The Kier molecular flexibility index (Phi) is 4.82. The molecule has 1 aromatic rings. The van der Waals surface area contributed by atoms with Gasteiger partial charge in [-0.2, -0.15) is 0 Å². The average molecular weight is 457 g/mol. The Balaban J connectivity index is 1.47. The van der Waals surface area contributed by atoms with Gasteiger partial charge in [-0.3, -0.25) is 15.0 Å². The van der Waals surface area contributed by atoms with E-state index < -0.39 is 17.6 Å². The minimum absolute atomic E-state index is 0.0404. The summed E-state index contributed by atoms with van der Waals surface area (Å²) in [6.07, 6.45) is 5.83. The standard InChI is InChI=1S/C26H36N2O5/c1-14(2)21(24(30)31)27-17-8-9-26(32-3)19-12-16-6-7-18(29)22-20(16)25(26,23(17)33-22)10-11-28(19)13-15-4-5-15/h6-7,14-15,17,19,21,23,27,29H,4-5,8-13H2,1-3H3,(H,30,31)/t17?,19-,21-,23?,25+,26-/m1/s1. The Morgan fingerprint density at radius 2 is 2.09 bits per heavy atom. The first-order valence-electron chi connectivity index (χ1n) is 12.6. The second kappa shape index (κ2) is 7.33. The molecule has 2 saturated carbocycles. The number of carbonyl (C=O) groups is 1. The third kappa shape index (κ3) is 2.82. The van der Waals surface area contributed by atoms with Crippen LogP contribution in [0.5, 0.6) is 11.5 Å². The number of nitrogens with one attached hydrogen (secondary N) is 1. The van der Waals surface area contributed by atoms with Gasteiger partial charge in [-0.15, -0.1) is 0 Å². The van der Waals surface area contributed by atoms with E-state index in [-0.39, 0.29) is 35.3 Å². The highest BCUT2D eigenvalue weighted by atomic mass is 16.5. The topological polar surface area (TPSA) is 91.3 Å². The van der Waals surface area contributed by atoms with Crippen molar-refractivity contribution < 1.29 is 24.5 Å². The summed E-state index contributed by atoms with van der Waals surface area (Å²) >= 11 is 0. The minimum Gasteiger partial charge on any atom is -0.504 e. The number of hydrogen-bond acceptors (Lipinski definition) is 6. The lowest BCUT2D eigenvalue weighted by Gasteiger charge is -2.66. The van der Waals surface area contributed by atoms with E-state index in [1.165, 1.54) is 18.4 Å². The van der Waals surface area contributed by atoms with Crippen LogP contribution in [0.15, 0.2) is 12.1 Å². The number of piperidine rings is 1. The Hall–Kier alpha value is -1.83. The summed E-state index contributed by atoms with van der Waals surface area (Å²) < 4.78 is 13.2. The van der Waals surface area contributed by atoms with Crippen molar-refractivity contribution >= 4 is 5.97 Å².